The van der Waals surface area contributed by atoms with Crippen molar-refractivity contribution in [3.63, 3.8) is 0 Å². The second-order valence-corrected chi connectivity index (χ2v) is 7.10. The van der Waals surface area contributed by atoms with Crippen LogP contribution in [0.25, 0.3) is 0 Å². The van der Waals surface area contributed by atoms with Crippen LogP contribution in [0.1, 0.15) is 25.8 Å². The fourth-order valence-corrected chi connectivity index (χ4v) is 3.21. The average Bonchev–Trinajstić information content (AvgIpc) is 2.51. The molecule has 2 rings (SSSR count). The van der Waals surface area contributed by atoms with Gasteiger partial charge in [0.2, 0.25) is 5.95 Å². The van der Waals surface area contributed by atoms with Crippen molar-refractivity contribution in [2.45, 2.75) is 31.9 Å². The van der Waals surface area contributed by atoms with Crippen molar-refractivity contribution in [3.8, 4) is 0 Å². The summed E-state index contributed by atoms with van der Waals surface area (Å²) in [5.74, 6) is 2.94. The first-order valence-electron chi connectivity index (χ1n) is 6.42. The molecule has 1 aromatic heterocycles. The number of hydrogen-bond donors (Lipinski definition) is 1. The van der Waals surface area contributed by atoms with E-state index in [1.807, 2.05) is 13.2 Å². The molecule has 1 saturated heterocycles. The number of aryl methyl sites for hydroxylation is 1. The molecule has 0 aliphatic carbocycles. The number of rotatable bonds is 2. The van der Waals surface area contributed by atoms with Gasteiger partial charge in [0.05, 0.1) is 0 Å². The Labute approximate surface area is 114 Å². The van der Waals surface area contributed by atoms with Crippen LogP contribution in [-0.4, -0.2) is 40.6 Å². The van der Waals surface area contributed by atoms with Crippen LogP contribution in [0.4, 0.5) is 11.8 Å². The summed E-state index contributed by atoms with van der Waals surface area (Å²) in [6.45, 7) is 8.87. The molecule has 0 saturated carbocycles. The number of nitrogens with one attached hydrogen (secondary N) is 1. The topological polar surface area (TPSA) is 41.1 Å². The van der Waals surface area contributed by atoms with Gasteiger partial charge in [0, 0.05) is 42.4 Å². The molecule has 0 amide bonds. The summed E-state index contributed by atoms with van der Waals surface area (Å²) in [6, 6.07) is 0. The zero-order valence-electron chi connectivity index (χ0n) is 11.7. The van der Waals surface area contributed by atoms with Crippen LogP contribution < -0.4 is 10.2 Å². The molecule has 0 unspecified atom stereocenters. The molecule has 100 valence electrons. The fourth-order valence-electron chi connectivity index (χ4n) is 2.11. The molecule has 1 fully saturated rings. The Bertz CT molecular complexity index is 419. The van der Waals surface area contributed by atoms with E-state index in [2.05, 4.69) is 52.7 Å². The molecule has 1 aliphatic heterocycles. The molecule has 1 N–H and O–H groups in total. The van der Waals surface area contributed by atoms with Crippen LogP contribution in [-0.2, 0) is 0 Å². The van der Waals surface area contributed by atoms with Crippen LogP contribution in [0.3, 0.4) is 0 Å². The van der Waals surface area contributed by atoms with Crippen molar-refractivity contribution in [3.05, 3.63) is 11.8 Å². The molecule has 0 aromatic carbocycles. The Hall–Kier alpha value is -0.970. The van der Waals surface area contributed by atoms with Crippen molar-refractivity contribution in [1.29, 1.82) is 0 Å². The highest BCUT2D eigenvalue weighted by Crippen LogP contribution is 2.32. The Morgan fingerprint density at radius 2 is 2.17 bits per heavy atom. The van der Waals surface area contributed by atoms with E-state index < -0.39 is 0 Å². The van der Waals surface area contributed by atoms with Gasteiger partial charge in [0.15, 0.2) is 0 Å². The first-order chi connectivity index (χ1) is 8.52. The van der Waals surface area contributed by atoms with Gasteiger partial charge < -0.3 is 10.2 Å². The first kappa shape index (κ1) is 13.5. The van der Waals surface area contributed by atoms with E-state index in [0.29, 0.717) is 10.7 Å². The molecule has 1 aliphatic rings. The number of aromatic nitrogens is 2. The molecule has 4 nitrogen and oxygen atoms in total. The van der Waals surface area contributed by atoms with Crippen molar-refractivity contribution in [2.24, 2.45) is 0 Å². The number of hydrogen-bond acceptors (Lipinski definition) is 5. The Kier molecular flexibility index (Phi) is 4.00. The summed E-state index contributed by atoms with van der Waals surface area (Å²) in [7, 11) is 1.86. The van der Waals surface area contributed by atoms with Crippen molar-refractivity contribution in [1.82, 2.24) is 9.97 Å². The van der Waals surface area contributed by atoms with Crippen LogP contribution >= 0.6 is 11.8 Å². The van der Waals surface area contributed by atoms with Gasteiger partial charge in [-0.1, -0.05) is 13.8 Å². The van der Waals surface area contributed by atoms with Gasteiger partial charge in [-0.05, 0) is 13.3 Å². The summed E-state index contributed by atoms with van der Waals surface area (Å²) in [5.41, 5.74) is 1.15. The Balaban J connectivity index is 2.20. The molecule has 0 bridgehead atoms. The third-order valence-electron chi connectivity index (χ3n) is 3.31. The summed E-state index contributed by atoms with van der Waals surface area (Å²) in [4.78, 5) is 11.2. The second kappa shape index (κ2) is 5.34. The van der Waals surface area contributed by atoms with Crippen molar-refractivity contribution >= 4 is 23.5 Å². The van der Waals surface area contributed by atoms with Crippen LogP contribution in [0, 0.1) is 6.92 Å². The van der Waals surface area contributed by atoms with Gasteiger partial charge in [-0.25, -0.2) is 4.98 Å². The predicted octanol–water partition coefficient (Wildman–Crippen LogP) is 2.55. The van der Waals surface area contributed by atoms with E-state index in [-0.39, 0.29) is 0 Å². The lowest BCUT2D eigenvalue weighted by Crippen LogP contribution is -2.28. The average molecular weight is 266 g/mol. The van der Waals surface area contributed by atoms with Gasteiger partial charge >= 0.3 is 0 Å². The molecule has 0 atom stereocenters. The number of nitrogens with zero attached hydrogens (tertiary/aromatic N) is 3. The van der Waals surface area contributed by atoms with Gasteiger partial charge in [-0.2, -0.15) is 16.7 Å². The zero-order valence-corrected chi connectivity index (χ0v) is 12.5. The molecule has 2 heterocycles. The largest absolute Gasteiger partial charge is 0.357 e. The van der Waals surface area contributed by atoms with E-state index in [1.54, 1.807) is 0 Å². The first-order valence-corrected chi connectivity index (χ1v) is 7.41. The highest BCUT2D eigenvalue weighted by Gasteiger charge is 2.25. The van der Waals surface area contributed by atoms with Gasteiger partial charge in [0.1, 0.15) is 5.82 Å². The zero-order chi connectivity index (χ0) is 13.2. The lowest BCUT2D eigenvalue weighted by atomic mass is 10.1. The molecule has 5 heteroatoms. The van der Waals surface area contributed by atoms with E-state index >= 15 is 0 Å². The lowest BCUT2D eigenvalue weighted by molar-refractivity contribution is 0.634. The second-order valence-electron chi connectivity index (χ2n) is 5.30. The van der Waals surface area contributed by atoms with Crippen molar-refractivity contribution in [2.75, 3.05) is 36.1 Å². The van der Waals surface area contributed by atoms with Crippen molar-refractivity contribution < 1.29 is 0 Å². The van der Waals surface area contributed by atoms with Gasteiger partial charge in [-0.15, -0.1) is 0 Å². The van der Waals surface area contributed by atoms with E-state index in [1.165, 1.54) is 6.42 Å². The van der Waals surface area contributed by atoms with Crippen LogP contribution in [0.15, 0.2) is 6.20 Å². The highest BCUT2D eigenvalue weighted by molar-refractivity contribution is 8.00. The minimum atomic E-state index is 0.377. The lowest BCUT2D eigenvalue weighted by Gasteiger charge is -2.24. The number of anilines is 2. The highest BCUT2D eigenvalue weighted by atomic mass is 32.2. The van der Waals surface area contributed by atoms with Crippen LogP contribution in [0.2, 0.25) is 0 Å². The van der Waals surface area contributed by atoms with E-state index in [0.717, 1.165) is 30.2 Å². The fraction of sp³-hybridized carbons (Fsp3) is 0.692. The maximum Gasteiger partial charge on any atom is 0.224 e. The Morgan fingerprint density at radius 3 is 2.89 bits per heavy atom. The van der Waals surface area contributed by atoms with Crippen LogP contribution in [0.5, 0.6) is 0 Å². The maximum absolute atomic E-state index is 4.60. The predicted molar refractivity (Wildman–Crippen MR) is 79.7 cm³/mol. The summed E-state index contributed by atoms with van der Waals surface area (Å²) < 4.78 is 0.377. The molecule has 18 heavy (non-hydrogen) atoms. The normalized spacial score (nSPS) is 19.4. The molecule has 0 spiro atoms. The minimum absolute atomic E-state index is 0.377. The molecular formula is C13H22N4S. The SMILES string of the molecule is CNc1ncc(C)c(N2CCSC(C)(C)CC2)n1. The smallest absolute Gasteiger partial charge is 0.224 e. The van der Waals surface area contributed by atoms with E-state index in [9.17, 15) is 0 Å². The van der Waals surface area contributed by atoms with Gasteiger partial charge in [0.25, 0.3) is 0 Å². The quantitative estimate of drug-likeness (QED) is 0.891. The maximum atomic E-state index is 4.60. The monoisotopic (exact) mass is 266 g/mol. The molecular weight excluding hydrogens is 244 g/mol. The third-order valence-corrected chi connectivity index (χ3v) is 4.68. The third kappa shape index (κ3) is 3.07. The molecule has 1 aromatic rings. The summed E-state index contributed by atoms with van der Waals surface area (Å²) in [5, 5.41) is 3.01. The standard InChI is InChI=1S/C13H22N4S/c1-10-9-15-12(14-4)16-11(10)17-6-5-13(2,3)18-8-7-17/h9H,5-8H2,1-4H3,(H,14,15,16). The minimum Gasteiger partial charge on any atom is -0.357 e. The summed E-state index contributed by atoms with van der Waals surface area (Å²) >= 11 is 2.05. The van der Waals surface area contributed by atoms with Gasteiger partial charge in [-0.3, -0.25) is 0 Å². The molecule has 0 radical (unpaired) electrons. The van der Waals surface area contributed by atoms with E-state index in [4.69, 9.17) is 0 Å². The number of thioether (sulfide) groups is 1. The summed E-state index contributed by atoms with van der Waals surface area (Å²) in [6.07, 6.45) is 3.09. The Morgan fingerprint density at radius 1 is 1.39 bits per heavy atom.